The van der Waals surface area contributed by atoms with Gasteiger partial charge in [-0.05, 0) is 38.1 Å². The summed E-state index contributed by atoms with van der Waals surface area (Å²) in [5.74, 6) is 0. The molecule has 2 rings (SSSR count). The molecule has 4 heteroatoms. The Kier molecular flexibility index (Phi) is 2.39. The van der Waals surface area contributed by atoms with Gasteiger partial charge in [-0.3, -0.25) is 0 Å². The summed E-state index contributed by atoms with van der Waals surface area (Å²) < 4.78 is 0. The van der Waals surface area contributed by atoms with E-state index in [1.165, 1.54) is 11.3 Å². The molecule has 1 amide bonds. The van der Waals surface area contributed by atoms with E-state index in [1.807, 2.05) is 0 Å². The van der Waals surface area contributed by atoms with Gasteiger partial charge < -0.3 is 15.3 Å². The number of piperidine rings is 1. The third-order valence-electron chi connectivity index (χ3n) is 4.02. The molecular weight excluding hydrogens is 180 g/mol. The maximum absolute atomic E-state index is 10.7. The average Bonchev–Trinajstić information content (AvgIpc) is 2.49. The number of amides is 1. The maximum atomic E-state index is 10.7. The fourth-order valence-corrected chi connectivity index (χ4v) is 2.80. The number of nitrogens with zero attached hydrogens (tertiary/aromatic N) is 1. The van der Waals surface area contributed by atoms with E-state index in [2.05, 4.69) is 12.2 Å². The number of likely N-dealkylation sites (tertiary alicyclic amines) is 1. The number of hydrogen-bond donors (Lipinski definition) is 2. The molecule has 0 aliphatic carbocycles. The molecule has 2 N–H and O–H groups in total. The Morgan fingerprint density at radius 1 is 1.43 bits per heavy atom. The van der Waals surface area contributed by atoms with Crippen molar-refractivity contribution in [2.75, 3.05) is 19.6 Å². The van der Waals surface area contributed by atoms with Crippen LogP contribution in [0.1, 0.15) is 26.2 Å². The van der Waals surface area contributed by atoms with Gasteiger partial charge in [0.15, 0.2) is 0 Å². The van der Waals surface area contributed by atoms with Gasteiger partial charge >= 0.3 is 6.09 Å². The van der Waals surface area contributed by atoms with E-state index in [9.17, 15) is 4.79 Å². The van der Waals surface area contributed by atoms with Crippen LogP contribution in [0.25, 0.3) is 0 Å². The van der Waals surface area contributed by atoms with E-state index >= 15 is 0 Å². The molecule has 0 saturated carbocycles. The zero-order valence-electron chi connectivity index (χ0n) is 8.62. The van der Waals surface area contributed by atoms with Gasteiger partial charge in [0.1, 0.15) is 0 Å². The molecule has 14 heavy (non-hydrogen) atoms. The van der Waals surface area contributed by atoms with Crippen molar-refractivity contribution in [3.05, 3.63) is 0 Å². The normalized spacial score (nSPS) is 30.9. The minimum Gasteiger partial charge on any atom is -0.465 e. The molecular formula is C10H18N2O2. The first-order valence-electron chi connectivity index (χ1n) is 5.35. The topological polar surface area (TPSA) is 52.6 Å². The lowest BCUT2D eigenvalue weighted by molar-refractivity contribution is 0.0844. The van der Waals surface area contributed by atoms with Gasteiger partial charge in [-0.1, -0.05) is 0 Å². The highest BCUT2D eigenvalue weighted by Gasteiger charge is 2.42. The minimum atomic E-state index is -0.765. The Bertz CT molecular complexity index is 234. The second-order valence-corrected chi connectivity index (χ2v) is 4.56. The van der Waals surface area contributed by atoms with E-state index < -0.39 is 6.09 Å². The Morgan fingerprint density at radius 2 is 2.07 bits per heavy atom. The Balaban J connectivity index is 1.98. The summed E-state index contributed by atoms with van der Waals surface area (Å²) in [5.41, 5.74) is 0.381. The van der Waals surface area contributed by atoms with Crippen molar-refractivity contribution in [3.63, 3.8) is 0 Å². The lowest BCUT2D eigenvalue weighted by Crippen LogP contribution is -2.46. The molecule has 2 aliphatic heterocycles. The number of rotatable bonds is 0. The summed E-state index contributed by atoms with van der Waals surface area (Å²) in [5, 5.41) is 12.3. The molecule has 4 nitrogen and oxygen atoms in total. The standard InChI is InChI=1S/C10H18N2O2/c1-8-10(2-5-11-8)3-6-12(7-4-10)9(13)14/h8,11H,2-7H2,1H3,(H,13,14)/t8-/m1/s1. The third-order valence-corrected chi connectivity index (χ3v) is 4.02. The van der Waals surface area contributed by atoms with Crippen molar-refractivity contribution in [2.24, 2.45) is 5.41 Å². The van der Waals surface area contributed by atoms with Crippen molar-refractivity contribution in [3.8, 4) is 0 Å². The van der Waals surface area contributed by atoms with Gasteiger partial charge in [-0.15, -0.1) is 0 Å². The van der Waals surface area contributed by atoms with E-state index in [4.69, 9.17) is 5.11 Å². The second-order valence-electron chi connectivity index (χ2n) is 4.56. The summed E-state index contributed by atoms with van der Waals surface area (Å²) in [6, 6.07) is 0.554. The molecule has 0 aromatic carbocycles. The fraction of sp³-hybridized carbons (Fsp3) is 0.900. The zero-order chi connectivity index (χ0) is 10.2. The number of nitrogens with one attached hydrogen (secondary N) is 1. The smallest absolute Gasteiger partial charge is 0.407 e. The van der Waals surface area contributed by atoms with Gasteiger partial charge in [0.2, 0.25) is 0 Å². The number of hydrogen-bond acceptors (Lipinski definition) is 2. The van der Waals surface area contributed by atoms with E-state index in [1.54, 1.807) is 0 Å². The van der Waals surface area contributed by atoms with Gasteiger partial charge in [-0.2, -0.15) is 0 Å². The van der Waals surface area contributed by atoms with Crippen molar-refractivity contribution < 1.29 is 9.90 Å². The van der Waals surface area contributed by atoms with Gasteiger partial charge in [-0.25, -0.2) is 4.79 Å². The first-order valence-corrected chi connectivity index (χ1v) is 5.35. The Morgan fingerprint density at radius 3 is 2.50 bits per heavy atom. The van der Waals surface area contributed by atoms with Crippen LogP contribution in [0, 0.1) is 5.41 Å². The average molecular weight is 198 g/mol. The predicted molar refractivity (Wildman–Crippen MR) is 53.3 cm³/mol. The lowest BCUT2D eigenvalue weighted by atomic mass is 9.73. The van der Waals surface area contributed by atoms with Gasteiger partial charge in [0, 0.05) is 19.1 Å². The molecule has 2 saturated heterocycles. The first-order chi connectivity index (χ1) is 6.64. The third kappa shape index (κ3) is 1.47. The predicted octanol–water partition coefficient (Wildman–Crippen LogP) is 1.13. The van der Waals surface area contributed by atoms with Crippen LogP contribution >= 0.6 is 0 Å². The van der Waals surface area contributed by atoms with E-state index in [0.717, 1.165) is 19.4 Å². The lowest BCUT2D eigenvalue weighted by Gasteiger charge is -2.40. The molecule has 0 unspecified atom stereocenters. The first kappa shape index (κ1) is 9.77. The van der Waals surface area contributed by atoms with Crippen LogP contribution in [0.5, 0.6) is 0 Å². The molecule has 1 atom stereocenters. The van der Waals surface area contributed by atoms with Crippen molar-refractivity contribution in [2.45, 2.75) is 32.2 Å². The van der Waals surface area contributed by atoms with Crippen LogP contribution in [-0.4, -0.2) is 41.8 Å². The molecule has 0 aromatic heterocycles. The summed E-state index contributed by atoms with van der Waals surface area (Å²) in [4.78, 5) is 12.3. The summed E-state index contributed by atoms with van der Waals surface area (Å²) in [7, 11) is 0. The highest BCUT2D eigenvalue weighted by atomic mass is 16.4. The van der Waals surface area contributed by atoms with Crippen LogP contribution in [0.3, 0.4) is 0 Å². The molecule has 0 radical (unpaired) electrons. The molecule has 2 aliphatic rings. The van der Waals surface area contributed by atoms with Crippen molar-refractivity contribution in [1.29, 1.82) is 0 Å². The minimum absolute atomic E-state index is 0.381. The maximum Gasteiger partial charge on any atom is 0.407 e. The number of carboxylic acid groups (broad SMARTS) is 1. The van der Waals surface area contributed by atoms with Crippen molar-refractivity contribution >= 4 is 6.09 Å². The highest BCUT2D eigenvalue weighted by molar-refractivity contribution is 5.65. The molecule has 0 bridgehead atoms. The second kappa shape index (κ2) is 3.42. The zero-order valence-corrected chi connectivity index (χ0v) is 8.62. The van der Waals surface area contributed by atoms with Crippen LogP contribution < -0.4 is 5.32 Å². The number of carbonyl (C=O) groups is 1. The Labute approximate surface area is 84.3 Å². The summed E-state index contributed by atoms with van der Waals surface area (Å²) in [6.07, 6.45) is 2.49. The SMILES string of the molecule is C[C@H]1NCCC12CCN(C(=O)O)CC2. The van der Waals surface area contributed by atoms with Crippen LogP contribution in [-0.2, 0) is 0 Å². The van der Waals surface area contributed by atoms with Crippen LogP contribution in [0.4, 0.5) is 4.79 Å². The molecule has 80 valence electrons. The van der Waals surface area contributed by atoms with Crippen LogP contribution in [0.2, 0.25) is 0 Å². The summed E-state index contributed by atoms with van der Waals surface area (Å²) >= 11 is 0. The largest absolute Gasteiger partial charge is 0.465 e. The van der Waals surface area contributed by atoms with Gasteiger partial charge in [0.25, 0.3) is 0 Å². The fourth-order valence-electron chi connectivity index (χ4n) is 2.80. The molecule has 2 fully saturated rings. The van der Waals surface area contributed by atoms with E-state index in [-0.39, 0.29) is 0 Å². The molecule has 1 spiro atoms. The summed E-state index contributed by atoms with van der Waals surface area (Å²) in [6.45, 7) is 4.74. The highest BCUT2D eigenvalue weighted by Crippen LogP contribution is 2.41. The molecule has 2 heterocycles. The van der Waals surface area contributed by atoms with Crippen LogP contribution in [0.15, 0.2) is 0 Å². The van der Waals surface area contributed by atoms with E-state index in [0.29, 0.717) is 24.5 Å². The van der Waals surface area contributed by atoms with Crippen molar-refractivity contribution in [1.82, 2.24) is 10.2 Å². The Hall–Kier alpha value is -0.770. The molecule has 0 aromatic rings. The monoisotopic (exact) mass is 198 g/mol. The van der Waals surface area contributed by atoms with Gasteiger partial charge in [0.05, 0.1) is 0 Å². The quantitative estimate of drug-likeness (QED) is 0.613.